The van der Waals surface area contributed by atoms with Crippen LogP contribution in [0.25, 0.3) is 22.9 Å². The maximum atomic E-state index is 12.4. The smallest absolute Gasteiger partial charge is 0.314 e. The number of hydrogen-bond donors (Lipinski definition) is 1. The predicted molar refractivity (Wildman–Crippen MR) is 165 cm³/mol. The van der Waals surface area contributed by atoms with Crippen LogP contribution in [0.15, 0.2) is 90.1 Å². The van der Waals surface area contributed by atoms with E-state index in [4.69, 9.17) is 4.42 Å². The lowest BCUT2D eigenvalue weighted by molar-refractivity contribution is 0.0973. The van der Waals surface area contributed by atoms with Crippen molar-refractivity contribution in [3.05, 3.63) is 114 Å². The highest BCUT2D eigenvalue weighted by molar-refractivity contribution is 9.09. The highest BCUT2D eigenvalue weighted by Crippen LogP contribution is 2.23. The van der Waals surface area contributed by atoms with E-state index in [1.54, 1.807) is 17.5 Å². The van der Waals surface area contributed by atoms with Gasteiger partial charge in [-0.3, -0.25) is 19.2 Å². The number of H-pyrrole nitrogens is 1. The Morgan fingerprint density at radius 3 is 1.81 bits per heavy atom. The van der Waals surface area contributed by atoms with Crippen molar-refractivity contribution in [3.8, 4) is 22.9 Å². The van der Waals surface area contributed by atoms with Gasteiger partial charge in [-0.25, -0.2) is 0 Å². The van der Waals surface area contributed by atoms with Gasteiger partial charge in [0.1, 0.15) is 0 Å². The van der Waals surface area contributed by atoms with Gasteiger partial charge in [-0.2, -0.15) is 17.6 Å². The first-order chi connectivity index (χ1) is 22.5. The number of aromatic amines is 1. The third kappa shape index (κ3) is 9.80. The number of rotatable bonds is 9. The summed E-state index contributed by atoms with van der Waals surface area (Å²) in [7, 11) is 0. The predicted octanol–water partition coefficient (Wildman–Crippen LogP) is 6.47. The standard InChI is InChI=1S/C14H9F2N3O3S.C8H5F2N3O2.C6H5BrOS/c15-12(16)14-18-17-13(22-14)8-3-4-19(11(21)6-8)7-9(20)10-2-1-5-23-10;9-6(10)8-13-12-7(15-8)4-1-2-11-5(14)3-4;7-4-5(8)6-2-1-3-9-6/h1-6,12H,7H2;1-3,6H,(H,11,14);1-3H,4H2. The monoisotopic (exact) mass is 754 g/mol. The number of ketones is 2. The van der Waals surface area contributed by atoms with Crippen molar-refractivity contribution in [1.82, 2.24) is 29.9 Å². The van der Waals surface area contributed by atoms with Crippen LogP contribution in [0, 0.1) is 0 Å². The van der Waals surface area contributed by atoms with Crippen LogP contribution in [-0.2, 0) is 6.54 Å². The van der Waals surface area contributed by atoms with Gasteiger partial charge in [-0.15, -0.1) is 43.1 Å². The molecule has 47 heavy (non-hydrogen) atoms. The molecular weight excluding hydrogens is 736 g/mol. The summed E-state index contributed by atoms with van der Waals surface area (Å²) >= 11 is 5.86. The Morgan fingerprint density at radius 2 is 1.36 bits per heavy atom. The Balaban J connectivity index is 0.000000178. The summed E-state index contributed by atoms with van der Waals surface area (Å²) in [5.41, 5.74) is -0.319. The number of nitrogens with zero attached hydrogens (tertiary/aromatic N) is 5. The SMILES string of the molecule is O=C(CBr)c1cccs1.O=C(Cn1ccc(-c2nnc(C(F)F)o2)cc1=O)c1cccs1.O=c1cc(-c2nnc(C(F)F)o2)cc[nH]1. The fraction of sp³-hybridized carbons (Fsp3) is 0.143. The van der Waals surface area contributed by atoms with E-state index in [2.05, 4.69) is 45.7 Å². The van der Waals surface area contributed by atoms with E-state index in [9.17, 15) is 36.7 Å². The Kier molecular flexibility index (Phi) is 12.4. The van der Waals surface area contributed by atoms with E-state index in [1.165, 1.54) is 57.8 Å². The fourth-order valence-corrected chi connectivity index (χ4v) is 5.21. The van der Waals surface area contributed by atoms with Crippen molar-refractivity contribution in [3.63, 3.8) is 0 Å². The largest absolute Gasteiger partial charge is 0.415 e. The molecule has 0 fully saturated rings. The third-order valence-corrected chi connectivity index (χ3v) is 7.88. The molecule has 0 saturated heterocycles. The number of carbonyl (C=O) groups excluding carboxylic acids is 2. The Labute approximate surface area is 276 Å². The van der Waals surface area contributed by atoms with Crippen LogP contribution in [0.3, 0.4) is 0 Å². The Hall–Kier alpha value is -4.88. The number of thiophene rings is 2. The number of halogens is 5. The summed E-state index contributed by atoms with van der Waals surface area (Å²) < 4.78 is 59.7. The summed E-state index contributed by atoms with van der Waals surface area (Å²) in [6.45, 7) is -0.105. The van der Waals surface area contributed by atoms with Crippen LogP contribution in [0.2, 0.25) is 0 Å². The highest BCUT2D eigenvalue weighted by Gasteiger charge is 2.18. The van der Waals surface area contributed by atoms with Crippen molar-refractivity contribution >= 4 is 50.2 Å². The molecule has 0 aliphatic heterocycles. The van der Waals surface area contributed by atoms with Gasteiger partial charge in [0.15, 0.2) is 11.6 Å². The summed E-state index contributed by atoms with van der Waals surface area (Å²) in [5.74, 6) is -1.87. The average molecular weight is 756 g/mol. The van der Waals surface area contributed by atoms with Crippen LogP contribution < -0.4 is 11.1 Å². The minimum absolute atomic E-state index is 0.101. The number of nitrogens with one attached hydrogen (secondary N) is 1. The lowest BCUT2D eigenvalue weighted by atomic mass is 10.2. The van der Waals surface area contributed by atoms with Crippen LogP contribution in [0.4, 0.5) is 17.6 Å². The molecule has 6 aromatic heterocycles. The molecule has 6 heterocycles. The van der Waals surface area contributed by atoms with Crippen LogP contribution in [0.1, 0.15) is 44.0 Å². The number of Topliss-reactive ketones (excluding diaryl/α,β-unsaturated/α-hetero) is 2. The van der Waals surface area contributed by atoms with Crippen molar-refractivity contribution in [2.24, 2.45) is 0 Å². The lowest BCUT2D eigenvalue weighted by Crippen LogP contribution is -2.22. The molecule has 19 heteroatoms. The fourth-order valence-electron chi connectivity index (χ4n) is 3.40. The third-order valence-electron chi connectivity index (χ3n) is 5.55. The molecule has 6 rings (SSSR count). The number of hydrogen-bond acceptors (Lipinski definition) is 12. The van der Waals surface area contributed by atoms with Gasteiger partial charge < -0.3 is 18.4 Å². The quantitative estimate of drug-likeness (QED) is 0.0982. The number of alkyl halides is 5. The van der Waals surface area contributed by atoms with E-state index in [0.29, 0.717) is 15.8 Å². The van der Waals surface area contributed by atoms with Crippen molar-refractivity contribution in [2.75, 3.05) is 5.33 Å². The summed E-state index contributed by atoms with van der Waals surface area (Å²) in [5, 5.41) is 17.3. The second kappa shape index (κ2) is 16.6. The number of carbonyl (C=O) groups is 2. The van der Waals surface area contributed by atoms with Gasteiger partial charge >= 0.3 is 12.9 Å². The summed E-state index contributed by atoms with van der Waals surface area (Å²) in [6.07, 6.45) is -2.94. The second-order valence-corrected chi connectivity index (χ2v) is 11.2. The first-order valence-electron chi connectivity index (χ1n) is 12.9. The maximum Gasteiger partial charge on any atom is 0.314 e. The van der Waals surface area contributed by atoms with E-state index in [0.717, 1.165) is 10.9 Å². The van der Waals surface area contributed by atoms with E-state index in [-0.39, 0.29) is 41.0 Å². The van der Waals surface area contributed by atoms with Gasteiger partial charge in [0.25, 0.3) is 17.3 Å². The second-order valence-electron chi connectivity index (χ2n) is 8.75. The zero-order valence-corrected chi connectivity index (χ0v) is 26.6. The van der Waals surface area contributed by atoms with E-state index in [1.807, 2.05) is 17.5 Å². The van der Waals surface area contributed by atoms with Gasteiger partial charge in [0, 0.05) is 35.7 Å². The molecular formula is C28H19BrF4N6O6S2. The van der Waals surface area contributed by atoms with Gasteiger partial charge in [0.2, 0.25) is 17.3 Å². The molecule has 0 aliphatic rings. The maximum absolute atomic E-state index is 12.4. The topological polar surface area (TPSA) is 167 Å². The minimum Gasteiger partial charge on any atom is -0.415 e. The van der Waals surface area contributed by atoms with E-state index >= 15 is 0 Å². The number of pyridine rings is 2. The van der Waals surface area contributed by atoms with Gasteiger partial charge in [-0.1, -0.05) is 28.1 Å². The number of aromatic nitrogens is 6. The zero-order chi connectivity index (χ0) is 33.9. The molecule has 1 N–H and O–H groups in total. The molecule has 244 valence electrons. The minimum atomic E-state index is -2.87. The Morgan fingerprint density at radius 1 is 0.809 bits per heavy atom. The molecule has 0 amide bonds. The Bertz CT molecular complexity index is 2030. The average Bonchev–Trinajstić information content (AvgIpc) is 3.89. The first kappa shape index (κ1) is 35.0. The molecule has 0 atom stereocenters. The van der Waals surface area contributed by atoms with Crippen molar-refractivity contribution < 1.29 is 36.0 Å². The van der Waals surface area contributed by atoms with Crippen LogP contribution >= 0.6 is 38.6 Å². The van der Waals surface area contributed by atoms with Gasteiger partial charge in [0.05, 0.1) is 21.6 Å². The lowest BCUT2D eigenvalue weighted by Gasteiger charge is -2.04. The van der Waals surface area contributed by atoms with E-state index < -0.39 is 30.2 Å². The summed E-state index contributed by atoms with van der Waals surface area (Å²) in [4.78, 5) is 49.5. The molecule has 0 saturated carbocycles. The summed E-state index contributed by atoms with van der Waals surface area (Å²) in [6, 6.07) is 12.4. The zero-order valence-electron chi connectivity index (χ0n) is 23.4. The van der Waals surface area contributed by atoms with Crippen LogP contribution in [0.5, 0.6) is 0 Å². The van der Waals surface area contributed by atoms with Crippen LogP contribution in [-0.4, -0.2) is 46.8 Å². The molecule has 0 radical (unpaired) electrons. The molecule has 6 aromatic rings. The van der Waals surface area contributed by atoms with Gasteiger partial charge in [-0.05, 0) is 35.0 Å². The first-order valence-corrected chi connectivity index (χ1v) is 15.8. The van der Waals surface area contributed by atoms with Crippen molar-refractivity contribution in [2.45, 2.75) is 19.4 Å². The molecule has 0 unspecified atom stereocenters. The highest BCUT2D eigenvalue weighted by atomic mass is 79.9. The normalized spacial score (nSPS) is 10.7. The molecule has 0 spiro atoms. The molecule has 0 aromatic carbocycles. The van der Waals surface area contributed by atoms with Crippen molar-refractivity contribution in [1.29, 1.82) is 0 Å². The molecule has 0 bridgehead atoms. The molecule has 12 nitrogen and oxygen atoms in total. The molecule has 0 aliphatic carbocycles.